The van der Waals surface area contributed by atoms with Crippen LogP contribution in [0.4, 0.5) is 11.4 Å². The molecule has 0 aliphatic rings. The Balaban J connectivity index is 2.50. The summed E-state index contributed by atoms with van der Waals surface area (Å²) < 4.78 is 26.4. The van der Waals surface area contributed by atoms with Crippen LogP contribution >= 0.6 is 0 Å². The van der Waals surface area contributed by atoms with Crippen LogP contribution in [0.5, 0.6) is 0 Å². The zero-order valence-electron chi connectivity index (χ0n) is 11.3. The summed E-state index contributed by atoms with van der Waals surface area (Å²) in [6, 6.07) is 14.7. The molecule has 2 aromatic rings. The minimum absolute atomic E-state index is 0.0670. The molecule has 0 saturated heterocycles. The van der Waals surface area contributed by atoms with Gasteiger partial charge in [0.15, 0.2) is 0 Å². The average molecular weight is 302 g/mol. The molecule has 0 atom stereocenters. The third-order valence-corrected chi connectivity index (χ3v) is 4.86. The summed E-state index contributed by atoms with van der Waals surface area (Å²) in [7, 11) is -2.35. The summed E-state index contributed by atoms with van der Waals surface area (Å²) in [6.07, 6.45) is 0. The topological polar surface area (TPSA) is 99.2 Å². The minimum atomic E-state index is -3.78. The molecule has 0 amide bonds. The van der Waals surface area contributed by atoms with E-state index in [9.17, 15) is 8.42 Å². The van der Waals surface area contributed by atoms with Gasteiger partial charge in [0.1, 0.15) is 4.90 Å². The summed E-state index contributed by atoms with van der Waals surface area (Å²) in [4.78, 5) is 0.0670. The van der Waals surface area contributed by atoms with Gasteiger partial charge in [0, 0.05) is 7.05 Å². The number of sulfonamides is 1. The number of hydrogen-bond acceptors (Lipinski definition) is 5. The summed E-state index contributed by atoms with van der Waals surface area (Å²) in [5.74, 6) is 5.36. The summed E-state index contributed by atoms with van der Waals surface area (Å²) >= 11 is 0. The smallest absolute Gasteiger partial charge is 0.266 e. The molecule has 2 aromatic carbocycles. The SMILES string of the molecule is CN(c1cccc(C#N)c1)S(=O)(=O)c1ccccc1NN. The second kappa shape index (κ2) is 5.83. The van der Waals surface area contributed by atoms with Crippen molar-refractivity contribution in [3.63, 3.8) is 0 Å². The molecule has 3 N–H and O–H groups in total. The monoisotopic (exact) mass is 302 g/mol. The zero-order chi connectivity index (χ0) is 15.5. The van der Waals surface area contributed by atoms with Crippen LogP contribution in [0.25, 0.3) is 0 Å². The Morgan fingerprint density at radius 3 is 2.57 bits per heavy atom. The standard InChI is InChI=1S/C14H14N4O2S/c1-18(12-6-4-5-11(9-12)10-15)21(19,20)14-8-3-2-7-13(14)17-16/h2-9,17H,16H2,1H3. The van der Waals surface area contributed by atoms with E-state index >= 15 is 0 Å². The minimum Gasteiger partial charge on any atom is -0.323 e. The molecule has 0 spiro atoms. The van der Waals surface area contributed by atoms with Crippen molar-refractivity contribution in [1.29, 1.82) is 5.26 Å². The van der Waals surface area contributed by atoms with Gasteiger partial charge in [-0.1, -0.05) is 18.2 Å². The highest BCUT2D eigenvalue weighted by molar-refractivity contribution is 7.93. The summed E-state index contributed by atoms with van der Waals surface area (Å²) in [5, 5.41) is 8.90. The number of hydrazine groups is 1. The largest absolute Gasteiger partial charge is 0.323 e. The molecule has 0 aliphatic carbocycles. The first kappa shape index (κ1) is 14.8. The van der Waals surface area contributed by atoms with Gasteiger partial charge in [-0.3, -0.25) is 10.1 Å². The molecular weight excluding hydrogens is 288 g/mol. The molecule has 2 rings (SSSR count). The number of nitrogen functional groups attached to an aromatic ring is 1. The Labute approximate surface area is 123 Å². The van der Waals surface area contributed by atoms with Gasteiger partial charge < -0.3 is 5.43 Å². The van der Waals surface area contributed by atoms with Gasteiger partial charge in [-0.15, -0.1) is 0 Å². The first-order valence-electron chi connectivity index (χ1n) is 6.05. The van der Waals surface area contributed by atoms with E-state index in [2.05, 4.69) is 5.43 Å². The van der Waals surface area contributed by atoms with E-state index in [1.165, 1.54) is 19.2 Å². The van der Waals surface area contributed by atoms with Crippen molar-refractivity contribution in [2.75, 3.05) is 16.8 Å². The number of nitrogens with two attached hydrogens (primary N) is 1. The number of rotatable bonds is 4. The van der Waals surface area contributed by atoms with Gasteiger partial charge in [0.05, 0.1) is 23.0 Å². The molecule has 0 bridgehead atoms. The van der Waals surface area contributed by atoms with Crippen LogP contribution in [-0.4, -0.2) is 15.5 Å². The molecule has 0 aromatic heterocycles. The van der Waals surface area contributed by atoms with Gasteiger partial charge in [0.25, 0.3) is 10.0 Å². The van der Waals surface area contributed by atoms with E-state index in [0.717, 1.165) is 4.31 Å². The predicted octanol–water partition coefficient (Wildman–Crippen LogP) is 1.67. The number of para-hydroxylation sites is 1. The Bertz CT molecular complexity index is 797. The normalized spacial score (nSPS) is 10.7. The average Bonchev–Trinajstić information content (AvgIpc) is 2.54. The van der Waals surface area contributed by atoms with Crippen LogP contribution in [-0.2, 0) is 10.0 Å². The van der Waals surface area contributed by atoms with Crippen LogP contribution in [0.2, 0.25) is 0 Å². The van der Waals surface area contributed by atoms with E-state index in [-0.39, 0.29) is 4.90 Å². The Morgan fingerprint density at radius 2 is 1.90 bits per heavy atom. The van der Waals surface area contributed by atoms with Crippen molar-refractivity contribution in [3.8, 4) is 6.07 Å². The maximum absolute atomic E-state index is 12.7. The molecule has 7 heteroatoms. The number of nitriles is 1. The van der Waals surface area contributed by atoms with Gasteiger partial charge in [-0.25, -0.2) is 8.42 Å². The molecule has 0 fully saturated rings. The highest BCUT2D eigenvalue weighted by atomic mass is 32.2. The highest BCUT2D eigenvalue weighted by Gasteiger charge is 2.24. The fraction of sp³-hybridized carbons (Fsp3) is 0.0714. The second-order valence-electron chi connectivity index (χ2n) is 4.28. The molecular formula is C14H14N4O2S. The number of anilines is 2. The third-order valence-electron chi connectivity index (χ3n) is 3.02. The number of hydrogen-bond donors (Lipinski definition) is 2. The predicted molar refractivity (Wildman–Crippen MR) is 81.0 cm³/mol. The van der Waals surface area contributed by atoms with E-state index in [1.807, 2.05) is 6.07 Å². The lowest BCUT2D eigenvalue weighted by molar-refractivity contribution is 0.594. The quantitative estimate of drug-likeness (QED) is 0.661. The summed E-state index contributed by atoms with van der Waals surface area (Å²) in [6.45, 7) is 0. The molecule has 0 heterocycles. The van der Waals surface area contributed by atoms with E-state index in [4.69, 9.17) is 11.1 Å². The lowest BCUT2D eigenvalue weighted by atomic mass is 10.2. The zero-order valence-corrected chi connectivity index (χ0v) is 12.1. The molecule has 108 valence electrons. The maximum atomic E-state index is 12.7. The van der Waals surface area contributed by atoms with Crippen molar-refractivity contribution in [3.05, 3.63) is 54.1 Å². The van der Waals surface area contributed by atoms with Crippen LogP contribution in [0.15, 0.2) is 53.4 Å². The first-order chi connectivity index (χ1) is 10.0. The number of benzene rings is 2. The second-order valence-corrected chi connectivity index (χ2v) is 6.21. The third kappa shape index (κ3) is 2.81. The highest BCUT2D eigenvalue weighted by Crippen LogP contribution is 2.27. The van der Waals surface area contributed by atoms with Crippen molar-refractivity contribution in [2.24, 2.45) is 5.84 Å². The van der Waals surface area contributed by atoms with Crippen LogP contribution in [0.3, 0.4) is 0 Å². The van der Waals surface area contributed by atoms with Gasteiger partial charge >= 0.3 is 0 Å². The summed E-state index contributed by atoms with van der Waals surface area (Å²) in [5.41, 5.74) is 3.47. The molecule has 0 aliphatic heterocycles. The Morgan fingerprint density at radius 1 is 1.19 bits per heavy atom. The van der Waals surface area contributed by atoms with Crippen molar-refractivity contribution >= 4 is 21.4 Å². The van der Waals surface area contributed by atoms with Crippen molar-refractivity contribution in [1.82, 2.24) is 0 Å². The molecule has 6 nitrogen and oxygen atoms in total. The van der Waals surface area contributed by atoms with Crippen LogP contribution in [0, 0.1) is 11.3 Å². The molecule has 0 unspecified atom stereocenters. The lowest BCUT2D eigenvalue weighted by Crippen LogP contribution is -2.27. The number of nitrogens with one attached hydrogen (secondary N) is 1. The van der Waals surface area contributed by atoms with E-state index in [1.54, 1.807) is 36.4 Å². The van der Waals surface area contributed by atoms with Crippen molar-refractivity contribution < 1.29 is 8.42 Å². The van der Waals surface area contributed by atoms with Gasteiger partial charge in [-0.05, 0) is 30.3 Å². The first-order valence-corrected chi connectivity index (χ1v) is 7.49. The van der Waals surface area contributed by atoms with Gasteiger partial charge in [0.2, 0.25) is 0 Å². The van der Waals surface area contributed by atoms with Crippen molar-refractivity contribution in [2.45, 2.75) is 4.90 Å². The fourth-order valence-electron chi connectivity index (χ4n) is 1.87. The lowest BCUT2D eigenvalue weighted by Gasteiger charge is -2.21. The molecule has 21 heavy (non-hydrogen) atoms. The van der Waals surface area contributed by atoms with E-state index in [0.29, 0.717) is 16.9 Å². The van der Waals surface area contributed by atoms with E-state index < -0.39 is 10.0 Å². The Hall–Kier alpha value is -2.56. The number of nitrogens with zero attached hydrogens (tertiary/aromatic N) is 2. The fourth-order valence-corrected chi connectivity index (χ4v) is 3.21. The van der Waals surface area contributed by atoms with Gasteiger partial charge in [-0.2, -0.15) is 5.26 Å². The molecule has 0 radical (unpaired) electrons. The Kier molecular flexibility index (Phi) is 4.12. The maximum Gasteiger partial charge on any atom is 0.266 e. The molecule has 0 saturated carbocycles. The van der Waals surface area contributed by atoms with Crippen LogP contribution in [0.1, 0.15) is 5.56 Å². The van der Waals surface area contributed by atoms with Crippen LogP contribution < -0.4 is 15.6 Å².